The van der Waals surface area contributed by atoms with Gasteiger partial charge in [-0.3, -0.25) is 19.3 Å². The molecule has 1 aliphatic carbocycles. The molecular weight excluding hydrogens is 508 g/mol. The number of hydrogen-bond donors (Lipinski definition) is 2. The highest BCUT2D eigenvalue weighted by molar-refractivity contribution is 8.00. The fourth-order valence-corrected chi connectivity index (χ4v) is 5.12. The number of ether oxygens (including phenoxy) is 1. The number of anilines is 2. The van der Waals surface area contributed by atoms with E-state index in [0.29, 0.717) is 28.8 Å². The lowest BCUT2D eigenvalue weighted by Crippen LogP contribution is -2.47. The molecule has 3 aromatic rings. The van der Waals surface area contributed by atoms with E-state index in [1.165, 1.54) is 18.3 Å². The molecule has 1 saturated carbocycles. The normalized spacial score (nSPS) is 14.5. The highest BCUT2D eigenvalue weighted by atomic mass is 32.2. The Labute approximate surface area is 225 Å². The van der Waals surface area contributed by atoms with Crippen LogP contribution in [0.5, 0.6) is 5.75 Å². The van der Waals surface area contributed by atoms with E-state index in [4.69, 9.17) is 13.7 Å². The lowest BCUT2D eigenvalue weighted by atomic mass is 9.95. The van der Waals surface area contributed by atoms with Gasteiger partial charge < -0.3 is 24.3 Å². The Balaban J connectivity index is 1.54. The quantitative estimate of drug-likeness (QED) is 0.365. The predicted octanol–water partition coefficient (Wildman–Crippen LogP) is 4.48. The summed E-state index contributed by atoms with van der Waals surface area (Å²) in [5.41, 5.74) is 0.484. The van der Waals surface area contributed by atoms with Gasteiger partial charge in [0.15, 0.2) is 11.9 Å². The molecule has 2 aromatic heterocycles. The maximum absolute atomic E-state index is 13.7. The summed E-state index contributed by atoms with van der Waals surface area (Å²) in [6, 6.07) is 11.0. The van der Waals surface area contributed by atoms with E-state index in [1.807, 2.05) is 0 Å². The number of benzene rings is 1. The highest BCUT2D eigenvalue weighted by Crippen LogP contribution is 2.32. The molecule has 11 heteroatoms. The third-order valence-electron chi connectivity index (χ3n) is 6.23. The van der Waals surface area contributed by atoms with E-state index < -0.39 is 6.04 Å². The van der Waals surface area contributed by atoms with Crippen LogP contribution in [-0.2, 0) is 14.4 Å². The van der Waals surface area contributed by atoms with E-state index in [2.05, 4.69) is 15.8 Å². The zero-order chi connectivity index (χ0) is 26.9. The second-order valence-corrected chi connectivity index (χ2v) is 10.1. The van der Waals surface area contributed by atoms with Gasteiger partial charge in [-0.15, -0.1) is 11.8 Å². The lowest BCUT2D eigenvalue weighted by molar-refractivity contribution is -0.127. The molecule has 10 nitrogen and oxygen atoms in total. The van der Waals surface area contributed by atoms with E-state index in [0.717, 1.165) is 43.9 Å². The number of carbonyl (C=O) groups is 3. The molecule has 1 aliphatic rings. The van der Waals surface area contributed by atoms with E-state index in [-0.39, 0.29) is 35.3 Å². The zero-order valence-electron chi connectivity index (χ0n) is 21.5. The Bertz CT molecular complexity index is 1220. The van der Waals surface area contributed by atoms with E-state index in [1.54, 1.807) is 49.4 Å². The summed E-state index contributed by atoms with van der Waals surface area (Å²) >= 11 is 1.14. The molecule has 0 aliphatic heterocycles. The van der Waals surface area contributed by atoms with Crippen LogP contribution in [0.4, 0.5) is 11.5 Å². The van der Waals surface area contributed by atoms with Crippen LogP contribution in [0.1, 0.15) is 49.7 Å². The van der Waals surface area contributed by atoms with Crippen molar-refractivity contribution < 1.29 is 28.1 Å². The van der Waals surface area contributed by atoms with Crippen molar-refractivity contribution in [2.24, 2.45) is 0 Å². The molecule has 4 rings (SSSR count). The molecule has 38 heavy (non-hydrogen) atoms. The van der Waals surface area contributed by atoms with Crippen molar-refractivity contribution in [3.8, 4) is 5.75 Å². The first-order chi connectivity index (χ1) is 18.4. The summed E-state index contributed by atoms with van der Waals surface area (Å²) < 4.78 is 16.0. The third-order valence-corrected chi connectivity index (χ3v) is 7.14. The number of methoxy groups -OCH3 is 1. The van der Waals surface area contributed by atoms with Gasteiger partial charge in [0, 0.05) is 23.9 Å². The number of furan rings is 1. The van der Waals surface area contributed by atoms with Crippen LogP contribution in [-0.4, -0.2) is 47.5 Å². The molecule has 2 heterocycles. The molecule has 0 radical (unpaired) electrons. The van der Waals surface area contributed by atoms with Crippen molar-refractivity contribution in [3.63, 3.8) is 0 Å². The maximum atomic E-state index is 13.7. The van der Waals surface area contributed by atoms with Crippen molar-refractivity contribution in [1.29, 1.82) is 0 Å². The molecular formula is C27H32N4O6S. The first-order valence-corrected chi connectivity index (χ1v) is 13.7. The number of aryl methyl sites for hydroxylation is 1. The Morgan fingerprint density at radius 2 is 1.95 bits per heavy atom. The van der Waals surface area contributed by atoms with Crippen molar-refractivity contribution in [2.45, 2.75) is 51.1 Å². The molecule has 1 atom stereocenters. The van der Waals surface area contributed by atoms with Crippen LogP contribution in [0.25, 0.3) is 0 Å². The number of amides is 3. The smallest absolute Gasteiger partial charge is 0.251 e. The summed E-state index contributed by atoms with van der Waals surface area (Å²) in [7, 11) is 1.54. The SMILES string of the molecule is COc1cccc(N(C(=O)CSCC(=O)Nc2cc(C)on2)C(C(=O)NC2CCCCC2)c2ccco2)c1. The van der Waals surface area contributed by atoms with Gasteiger partial charge in [-0.1, -0.05) is 30.5 Å². The molecule has 3 amide bonds. The van der Waals surface area contributed by atoms with Crippen LogP contribution in [0.2, 0.25) is 0 Å². The number of nitrogens with zero attached hydrogens (tertiary/aromatic N) is 2. The first-order valence-electron chi connectivity index (χ1n) is 12.6. The average molecular weight is 541 g/mol. The minimum absolute atomic E-state index is 0.0172. The van der Waals surface area contributed by atoms with Crippen molar-refractivity contribution in [3.05, 3.63) is 60.2 Å². The lowest BCUT2D eigenvalue weighted by Gasteiger charge is -2.32. The van der Waals surface area contributed by atoms with Crippen molar-refractivity contribution in [2.75, 3.05) is 28.8 Å². The number of rotatable bonds is 11. The Kier molecular flexibility index (Phi) is 9.47. The van der Waals surface area contributed by atoms with Crippen molar-refractivity contribution >= 4 is 41.0 Å². The summed E-state index contributed by atoms with van der Waals surface area (Å²) in [6.07, 6.45) is 6.56. The fourth-order valence-electron chi connectivity index (χ4n) is 4.45. The van der Waals surface area contributed by atoms with Gasteiger partial charge in [-0.2, -0.15) is 0 Å². The summed E-state index contributed by atoms with van der Waals surface area (Å²) in [5.74, 6) is 0.768. The number of hydrogen-bond acceptors (Lipinski definition) is 8. The van der Waals surface area contributed by atoms with Gasteiger partial charge in [0.1, 0.15) is 17.3 Å². The zero-order valence-corrected chi connectivity index (χ0v) is 22.3. The molecule has 0 saturated heterocycles. The Morgan fingerprint density at radius 3 is 2.63 bits per heavy atom. The summed E-state index contributed by atoms with van der Waals surface area (Å²) in [5, 5.41) is 9.51. The summed E-state index contributed by atoms with van der Waals surface area (Å²) in [4.78, 5) is 41.2. The van der Waals surface area contributed by atoms with Gasteiger partial charge >= 0.3 is 0 Å². The summed E-state index contributed by atoms with van der Waals surface area (Å²) in [6.45, 7) is 1.73. The molecule has 1 fully saturated rings. The Hall–Kier alpha value is -3.73. The maximum Gasteiger partial charge on any atom is 0.251 e. The fraction of sp³-hybridized carbons (Fsp3) is 0.407. The number of nitrogens with one attached hydrogen (secondary N) is 2. The number of aromatic nitrogens is 1. The minimum atomic E-state index is -1.03. The highest BCUT2D eigenvalue weighted by Gasteiger charge is 2.36. The molecule has 1 aromatic carbocycles. The monoisotopic (exact) mass is 540 g/mol. The number of carbonyl (C=O) groups excluding carboxylic acids is 3. The van der Waals surface area contributed by atoms with Crippen LogP contribution < -0.4 is 20.3 Å². The minimum Gasteiger partial charge on any atom is -0.497 e. The van der Waals surface area contributed by atoms with Gasteiger partial charge in [0.25, 0.3) is 5.91 Å². The molecule has 1 unspecified atom stereocenters. The number of thioether (sulfide) groups is 1. The Morgan fingerprint density at radius 1 is 1.13 bits per heavy atom. The van der Waals surface area contributed by atoms with Gasteiger partial charge in [0.05, 0.1) is 24.9 Å². The second-order valence-electron chi connectivity index (χ2n) is 9.09. The first kappa shape index (κ1) is 27.3. The van der Waals surface area contributed by atoms with E-state index in [9.17, 15) is 14.4 Å². The molecule has 2 N–H and O–H groups in total. The second kappa shape index (κ2) is 13.2. The average Bonchev–Trinajstić information content (AvgIpc) is 3.59. The van der Waals surface area contributed by atoms with Gasteiger partial charge in [-0.05, 0) is 44.0 Å². The molecule has 202 valence electrons. The van der Waals surface area contributed by atoms with Crippen molar-refractivity contribution in [1.82, 2.24) is 10.5 Å². The largest absolute Gasteiger partial charge is 0.497 e. The third kappa shape index (κ3) is 7.18. The topological polar surface area (TPSA) is 127 Å². The molecule has 0 spiro atoms. The van der Waals surface area contributed by atoms with Gasteiger partial charge in [0.2, 0.25) is 11.8 Å². The van der Waals surface area contributed by atoms with Crippen LogP contribution in [0.15, 0.2) is 57.7 Å². The standard InChI is InChI=1S/C27H32N4O6S/c1-18-14-23(30-37-18)29-24(32)16-38-17-25(33)31(20-10-6-11-21(15-20)35-2)26(22-12-7-13-36-22)27(34)28-19-8-4-3-5-9-19/h6-7,10-15,19,26H,3-5,8-9,16-17H2,1-2H3,(H,28,34)(H,29,30,32). The van der Waals surface area contributed by atoms with E-state index >= 15 is 0 Å². The molecule has 0 bridgehead atoms. The van der Waals surface area contributed by atoms with Crippen LogP contribution in [0.3, 0.4) is 0 Å². The van der Waals surface area contributed by atoms with Gasteiger partial charge in [-0.25, -0.2) is 0 Å². The van der Waals surface area contributed by atoms with Crippen LogP contribution >= 0.6 is 11.8 Å². The van der Waals surface area contributed by atoms with Crippen LogP contribution in [0, 0.1) is 6.92 Å². The predicted molar refractivity (Wildman–Crippen MR) is 144 cm³/mol.